The molecule has 0 atom stereocenters. The number of benzene rings is 1. The van der Waals surface area contributed by atoms with E-state index in [1.807, 2.05) is 24.4 Å². The second-order valence-electron chi connectivity index (χ2n) is 4.39. The van der Waals surface area contributed by atoms with Crippen molar-refractivity contribution in [3.63, 3.8) is 0 Å². The average Bonchev–Trinajstić information content (AvgIpc) is 3.06. The number of hydrogen-bond acceptors (Lipinski definition) is 3. The summed E-state index contributed by atoms with van der Waals surface area (Å²) in [6.45, 7) is 0. The van der Waals surface area contributed by atoms with Crippen LogP contribution in [0.15, 0.2) is 30.5 Å². The van der Waals surface area contributed by atoms with Crippen LogP contribution >= 0.6 is 0 Å². The highest BCUT2D eigenvalue weighted by Gasteiger charge is 2.26. The van der Waals surface area contributed by atoms with Gasteiger partial charge in [0.2, 0.25) is 0 Å². The standard InChI is InChI=1S/C15H14N2O3/c1-19-13-7-10-11(6-9-4-3-5-16-9)15(18)17-12(10)8-14(13)20-2/h3-8,16H,1-2H3,(H,17,18). The van der Waals surface area contributed by atoms with Crippen LogP contribution in [-0.2, 0) is 4.79 Å². The number of anilines is 1. The molecule has 1 aliphatic heterocycles. The van der Waals surface area contributed by atoms with Crippen molar-refractivity contribution >= 4 is 23.2 Å². The van der Waals surface area contributed by atoms with Crippen LogP contribution < -0.4 is 14.8 Å². The zero-order valence-electron chi connectivity index (χ0n) is 11.2. The fourth-order valence-corrected chi connectivity index (χ4v) is 2.25. The molecular weight excluding hydrogens is 256 g/mol. The molecule has 5 nitrogen and oxygen atoms in total. The molecular formula is C15H14N2O3. The lowest BCUT2D eigenvalue weighted by atomic mass is 10.1. The van der Waals surface area contributed by atoms with Crippen molar-refractivity contribution in [1.29, 1.82) is 0 Å². The molecule has 0 aliphatic carbocycles. The minimum atomic E-state index is -0.134. The molecule has 5 heteroatoms. The van der Waals surface area contributed by atoms with E-state index in [4.69, 9.17) is 9.47 Å². The Kier molecular flexibility index (Phi) is 2.95. The fraction of sp³-hybridized carbons (Fsp3) is 0.133. The molecule has 102 valence electrons. The summed E-state index contributed by atoms with van der Waals surface area (Å²) in [4.78, 5) is 15.1. The van der Waals surface area contributed by atoms with E-state index in [0.29, 0.717) is 17.1 Å². The maximum atomic E-state index is 12.1. The predicted octanol–water partition coefficient (Wildman–Crippen LogP) is 2.52. The van der Waals surface area contributed by atoms with Gasteiger partial charge in [0.05, 0.1) is 25.5 Å². The second-order valence-corrected chi connectivity index (χ2v) is 4.39. The number of rotatable bonds is 3. The zero-order chi connectivity index (χ0) is 14.1. The molecule has 0 spiro atoms. The van der Waals surface area contributed by atoms with E-state index < -0.39 is 0 Å². The molecule has 3 rings (SSSR count). The molecule has 1 aliphatic rings. The van der Waals surface area contributed by atoms with Gasteiger partial charge in [-0.25, -0.2) is 0 Å². The molecule has 1 aromatic heterocycles. The summed E-state index contributed by atoms with van der Waals surface area (Å²) in [6.07, 6.45) is 3.63. The van der Waals surface area contributed by atoms with Crippen molar-refractivity contribution in [2.75, 3.05) is 19.5 Å². The zero-order valence-corrected chi connectivity index (χ0v) is 11.2. The first-order chi connectivity index (χ1) is 9.72. The number of fused-ring (bicyclic) bond motifs is 1. The van der Waals surface area contributed by atoms with E-state index in [-0.39, 0.29) is 5.91 Å². The number of carbonyl (C=O) groups is 1. The van der Waals surface area contributed by atoms with E-state index in [9.17, 15) is 4.79 Å². The second kappa shape index (κ2) is 4.77. The molecule has 2 N–H and O–H groups in total. The van der Waals surface area contributed by atoms with Gasteiger partial charge in [-0.1, -0.05) is 0 Å². The number of aromatic amines is 1. The number of methoxy groups -OCH3 is 2. The molecule has 2 aromatic rings. The van der Waals surface area contributed by atoms with Crippen LogP contribution in [0, 0.1) is 0 Å². The number of H-pyrrole nitrogens is 1. The molecule has 0 fully saturated rings. The number of ether oxygens (including phenoxy) is 2. The van der Waals surface area contributed by atoms with Crippen molar-refractivity contribution in [3.05, 3.63) is 41.7 Å². The lowest BCUT2D eigenvalue weighted by Crippen LogP contribution is -2.03. The molecule has 20 heavy (non-hydrogen) atoms. The minimum absolute atomic E-state index is 0.134. The fourth-order valence-electron chi connectivity index (χ4n) is 2.25. The third-order valence-electron chi connectivity index (χ3n) is 3.23. The van der Waals surface area contributed by atoms with E-state index in [1.165, 1.54) is 0 Å². The van der Waals surface area contributed by atoms with Gasteiger partial charge in [-0.2, -0.15) is 0 Å². The summed E-state index contributed by atoms with van der Waals surface area (Å²) in [5, 5.41) is 2.83. The van der Waals surface area contributed by atoms with Crippen molar-refractivity contribution in [1.82, 2.24) is 4.98 Å². The van der Waals surface area contributed by atoms with Gasteiger partial charge in [0.25, 0.3) is 5.91 Å². The molecule has 0 unspecified atom stereocenters. The maximum absolute atomic E-state index is 12.1. The highest BCUT2D eigenvalue weighted by molar-refractivity contribution is 6.35. The van der Waals surface area contributed by atoms with Gasteiger partial charge < -0.3 is 19.8 Å². The first kappa shape index (κ1) is 12.3. The normalized spacial score (nSPS) is 15.1. The van der Waals surface area contributed by atoms with Gasteiger partial charge in [-0.05, 0) is 24.3 Å². The molecule has 1 aromatic carbocycles. The van der Waals surface area contributed by atoms with Crippen LogP contribution in [0.1, 0.15) is 11.3 Å². The number of aromatic nitrogens is 1. The molecule has 0 saturated carbocycles. The summed E-state index contributed by atoms with van der Waals surface area (Å²) in [5.74, 6) is 1.05. The summed E-state index contributed by atoms with van der Waals surface area (Å²) in [5.41, 5.74) is 3.01. The third-order valence-corrected chi connectivity index (χ3v) is 3.23. The van der Waals surface area contributed by atoms with Gasteiger partial charge in [0.15, 0.2) is 11.5 Å². The lowest BCUT2D eigenvalue weighted by molar-refractivity contribution is -0.110. The smallest absolute Gasteiger partial charge is 0.256 e. The van der Waals surface area contributed by atoms with Crippen molar-refractivity contribution in [2.45, 2.75) is 0 Å². The number of nitrogens with one attached hydrogen (secondary N) is 2. The summed E-state index contributed by atoms with van der Waals surface area (Å²) in [7, 11) is 3.14. The molecule has 1 amide bonds. The number of amides is 1. The van der Waals surface area contributed by atoms with Gasteiger partial charge in [0.1, 0.15) is 0 Å². The largest absolute Gasteiger partial charge is 0.493 e. The van der Waals surface area contributed by atoms with Crippen molar-refractivity contribution in [3.8, 4) is 11.5 Å². The van der Waals surface area contributed by atoms with Gasteiger partial charge >= 0.3 is 0 Å². The highest BCUT2D eigenvalue weighted by atomic mass is 16.5. The Bertz CT molecular complexity index is 687. The Labute approximate surface area is 116 Å². The van der Waals surface area contributed by atoms with Crippen LogP contribution in [-0.4, -0.2) is 25.1 Å². The summed E-state index contributed by atoms with van der Waals surface area (Å²) < 4.78 is 10.5. The van der Waals surface area contributed by atoms with E-state index in [1.54, 1.807) is 26.4 Å². The van der Waals surface area contributed by atoms with Crippen LogP contribution in [0.2, 0.25) is 0 Å². The first-order valence-electron chi connectivity index (χ1n) is 6.15. The van der Waals surface area contributed by atoms with Crippen molar-refractivity contribution in [2.24, 2.45) is 0 Å². The Morgan fingerprint density at radius 3 is 2.55 bits per heavy atom. The molecule has 2 heterocycles. The SMILES string of the molecule is COc1cc2c(cc1OC)C(=Cc1ccc[nH]1)C(=O)N2. The quantitative estimate of drug-likeness (QED) is 0.842. The Balaban J connectivity index is 2.12. The number of carbonyl (C=O) groups excluding carboxylic acids is 1. The molecule has 0 saturated heterocycles. The maximum Gasteiger partial charge on any atom is 0.256 e. The van der Waals surface area contributed by atoms with E-state index in [0.717, 1.165) is 16.9 Å². The lowest BCUT2D eigenvalue weighted by Gasteiger charge is -2.09. The molecule has 0 radical (unpaired) electrons. The van der Waals surface area contributed by atoms with Crippen LogP contribution in [0.3, 0.4) is 0 Å². The van der Waals surface area contributed by atoms with Crippen LogP contribution in [0.4, 0.5) is 5.69 Å². The number of hydrogen-bond donors (Lipinski definition) is 2. The Morgan fingerprint density at radius 2 is 1.90 bits per heavy atom. The molecule has 0 bridgehead atoms. The van der Waals surface area contributed by atoms with Crippen LogP contribution in [0.25, 0.3) is 11.6 Å². The highest BCUT2D eigenvalue weighted by Crippen LogP contribution is 2.40. The van der Waals surface area contributed by atoms with E-state index >= 15 is 0 Å². The van der Waals surface area contributed by atoms with Crippen LogP contribution in [0.5, 0.6) is 11.5 Å². The summed E-state index contributed by atoms with van der Waals surface area (Å²) in [6, 6.07) is 7.36. The Morgan fingerprint density at radius 1 is 1.15 bits per heavy atom. The van der Waals surface area contributed by atoms with Crippen molar-refractivity contribution < 1.29 is 14.3 Å². The third kappa shape index (κ3) is 1.93. The topological polar surface area (TPSA) is 63.4 Å². The van der Waals surface area contributed by atoms with Gasteiger partial charge in [-0.3, -0.25) is 4.79 Å². The van der Waals surface area contributed by atoms with E-state index in [2.05, 4.69) is 10.3 Å². The first-order valence-corrected chi connectivity index (χ1v) is 6.15. The average molecular weight is 270 g/mol. The van der Waals surface area contributed by atoms with Gasteiger partial charge in [0, 0.05) is 23.5 Å². The minimum Gasteiger partial charge on any atom is -0.493 e. The summed E-state index contributed by atoms with van der Waals surface area (Å²) >= 11 is 0. The van der Waals surface area contributed by atoms with Gasteiger partial charge in [-0.15, -0.1) is 0 Å². The predicted molar refractivity (Wildman–Crippen MR) is 76.8 cm³/mol. The Hall–Kier alpha value is -2.69. The monoisotopic (exact) mass is 270 g/mol.